The number of aromatic nitrogens is 3. The number of aryl methyl sites for hydroxylation is 2. The second-order valence-corrected chi connectivity index (χ2v) is 6.15. The zero-order valence-electron chi connectivity index (χ0n) is 11.6. The number of carbonyl (C=O) groups excluding carboxylic acids is 1. The lowest BCUT2D eigenvalue weighted by Crippen LogP contribution is -2.27. The molecular weight excluding hydrogens is 286 g/mol. The van der Waals surface area contributed by atoms with E-state index in [1.807, 2.05) is 0 Å². The SMILES string of the molecule is Nc1nccnc1C(=O)NCCc1nc2c(s1)CCCC2. The van der Waals surface area contributed by atoms with Gasteiger partial charge in [0, 0.05) is 30.2 Å². The molecule has 0 saturated carbocycles. The van der Waals surface area contributed by atoms with Crippen molar-refractivity contribution in [3.63, 3.8) is 0 Å². The fourth-order valence-electron chi connectivity index (χ4n) is 2.40. The van der Waals surface area contributed by atoms with Crippen molar-refractivity contribution in [1.82, 2.24) is 20.3 Å². The maximum Gasteiger partial charge on any atom is 0.273 e. The Morgan fingerprint density at radius 3 is 2.90 bits per heavy atom. The maximum atomic E-state index is 11.9. The average Bonchev–Trinajstić information content (AvgIpc) is 2.90. The van der Waals surface area contributed by atoms with E-state index in [0.717, 1.165) is 24.3 Å². The lowest BCUT2D eigenvalue weighted by Gasteiger charge is -2.06. The number of anilines is 1. The van der Waals surface area contributed by atoms with Crippen LogP contribution in [0.5, 0.6) is 0 Å². The van der Waals surface area contributed by atoms with Gasteiger partial charge in [0.1, 0.15) is 0 Å². The second kappa shape index (κ2) is 6.17. The van der Waals surface area contributed by atoms with Gasteiger partial charge in [0.05, 0.1) is 10.7 Å². The number of nitrogens with one attached hydrogen (secondary N) is 1. The summed E-state index contributed by atoms with van der Waals surface area (Å²) in [6.45, 7) is 0.529. The number of carbonyl (C=O) groups is 1. The molecule has 1 amide bonds. The van der Waals surface area contributed by atoms with Crippen LogP contribution in [0.4, 0.5) is 5.82 Å². The summed E-state index contributed by atoms with van der Waals surface area (Å²) in [5.74, 6) is -0.137. The molecule has 0 aromatic carbocycles. The van der Waals surface area contributed by atoms with Crippen LogP contribution in [0.3, 0.4) is 0 Å². The third-order valence-corrected chi connectivity index (χ3v) is 4.67. The lowest BCUT2D eigenvalue weighted by molar-refractivity contribution is 0.0950. The molecule has 21 heavy (non-hydrogen) atoms. The second-order valence-electron chi connectivity index (χ2n) is 4.98. The van der Waals surface area contributed by atoms with E-state index in [1.165, 1.54) is 35.8 Å². The number of nitrogens with two attached hydrogens (primary N) is 1. The number of amides is 1. The zero-order chi connectivity index (χ0) is 14.7. The Morgan fingerprint density at radius 2 is 2.10 bits per heavy atom. The Morgan fingerprint density at radius 1 is 1.29 bits per heavy atom. The van der Waals surface area contributed by atoms with Crippen LogP contribution >= 0.6 is 11.3 Å². The van der Waals surface area contributed by atoms with Crippen molar-refractivity contribution in [2.75, 3.05) is 12.3 Å². The maximum absolute atomic E-state index is 11.9. The molecule has 3 rings (SSSR count). The van der Waals surface area contributed by atoms with Crippen LogP contribution in [-0.4, -0.2) is 27.4 Å². The Balaban J connectivity index is 1.55. The van der Waals surface area contributed by atoms with Crippen LogP contribution in [0, 0.1) is 0 Å². The number of fused-ring (bicyclic) bond motifs is 1. The van der Waals surface area contributed by atoms with Gasteiger partial charge in [-0.05, 0) is 25.7 Å². The van der Waals surface area contributed by atoms with Crippen LogP contribution in [0.25, 0.3) is 0 Å². The van der Waals surface area contributed by atoms with E-state index < -0.39 is 0 Å². The summed E-state index contributed by atoms with van der Waals surface area (Å²) >= 11 is 1.77. The molecule has 0 radical (unpaired) electrons. The first-order valence-electron chi connectivity index (χ1n) is 7.06. The normalized spacial score (nSPS) is 13.7. The van der Waals surface area contributed by atoms with E-state index in [1.54, 1.807) is 11.3 Å². The number of hydrogen-bond donors (Lipinski definition) is 2. The molecule has 0 spiro atoms. The van der Waals surface area contributed by atoms with Crippen molar-refractivity contribution < 1.29 is 4.79 Å². The number of rotatable bonds is 4. The van der Waals surface area contributed by atoms with Crippen LogP contribution in [0.2, 0.25) is 0 Å². The van der Waals surface area contributed by atoms with E-state index in [9.17, 15) is 4.79 Å². The van der Waals surface area contributed by atoms with E-state index >= 15 is 0 Å². The molecule has 2 heterocycles. The molecule has 0 atom stereocenters. The van der Waals surface area contributed by atoms with Crippen molar-refractivity contribution in [1.29, 1.82) is 0 Å². The van der Waals surface area contributed by atoms with Gasteiger partial charge in [-0.25, -0.2) is 15.0 Å². The molecule has 0 saturated heterocycles. The molecule has 2 aromatic rings. The van der Waals surface area contributed by atoms with Gasteiger partial charge in [-0.2, -0.15) is 0 Å². The molecule has 0 bridgehead atoms. The van der Waals surface area contributed by atoms with Gasteiger partial charge in [-0.15, -0.1) is 11.3 Å². The summed E-state index contributed by atoms with van der Waals surface area (Å²) in [5, 5.41) is 3.91. The topological polar surface area (TPSA) is 93.8 Å². The predicted molar refractivity (Wildman–Crippen MR) is 81.2 cm³/mol. The fourth-order valence-corrected chi connectivity index (χ4v) is 3.56. The molecule has 3 N–H and O–H groups in total. The standard InChI is InChI=1S/C14H17N5OS/c15-13-12(16-7-8-17-13)14(20)18-6-5-11-19-9-3-1-2-4-10(9)21-11/h7-8H,1-6H2,(H2,15,17)(H,18,20). The first kappa shape index (κ1) is 13.9. The fraction of sp³-hybridized carbons (Fsp3) is 0.429. The quantitative estimate of drug-likeness (QED) is 0.889. The summed E-state index contributed by atoms with van der Waals surface area (Å²) in [4.78, 5) is 25.8. The third-order valence-electron chi connectivity index (χ3n) is 3.46. The summed E-state index contributed by atoms with van der Waals surface area (Å²) < 4.78 is 0. The molecular formula is C14H17N5OS. The Bertz CT molecular complexity index is 631. The zero-order valence-corrected chi connectivity index (χ0v) is 12.4. The molecule has 0 aliphatic heterocycles. The van der Waals surface area contributed by atoms with Gasteiger partial charge in [-0.3, -0.25) is 4.79 Å². The van der Waals surface area contributed by atoms with Crippen molar-refractivity contribution in [3.05, 3.63) is 33.7 Å². The molecule has 2 aromatic heterocycles. The van der Waals surface area contributed by atoms with E-state index in [0.29, 0.717) is 6.54 Å². The van der Waals surface area contributed by atoms with E-state index in [-0.39, 0.29) is 17.4 Å². The van der Waals surface area contributed by atoms with Gasteiger partial charge in [-0.1, -0.05) is 0 Å². The number of nitrogens with zero attached hydrogens (tertiary/aromatic N) is 3. The first-order chi connectivity index (χ1) is 10.2. The lowest BCUT2D eigenvalue weighted by atomic mass is 10.0. The van der Waals surface area contributed by atoms with Gasteiger partial charge in [0.25, 0.3) is 5.91 Å². The monoisotopic (exact) mass is 303 g/mol. The van der Waals surface area contributed by atoms with Crippen molar-refractivity contribution in [3.8, 4) is 0 Å². The van der Waals surface area contributed by atoms with E-state index in [2.05, 4.69) is 20.3 Å². The molecule has 6 nitrogen and oxygen atoms in total. The van der Waals surface area contributed by atoms with Gasteiger partial charge >= 0.3 is 0 Å². The minimum atomic E-state index is -0.290. The minimum Gasteiger partial charge on any atom is -0.382 e. The summed E-state index contributed by atoms with van der Waals surface area (Å²) in [5.41, 5.74) is 7.06. The van der Waals surface area contributed by atoms with Crippen molar-refractivity contribution in [2.24, 2.45) is 0 Å². The average molecular weight is 303 g/mol. The van der Waals surface area contributed by atoms with Crippen molar-refractivity contribution in [2.45, 2.75) is 32.1 Å². The first-order valence-corrected chi connectivity index (χ1v) is 7.88. The smallest absolute Gasteiger partial charge is 0.273 e. The molecule has 7 heteroatoms. The highest BCUT2D eigenvalue weighted by Crippen LogP contribution is 2.26. The van der Waals surface area contributed by atoms with Crippen LogP contribution < -0.4 is 11.1 Å². The molecule has 0 unspecified atom stereocenters. The number of hydrogen-bond acceptors (Lipinski definition) is 6. The van der Waals surface area contributed by atoms with Gasteiger partial charge < -0.3 is 11.1 Å². The highest BCUT2D eigenvalue weighted by atomic mass is 32.1. The predicted octanol–water partition coefficient (Wildman–Crippen LogP) is 1.37. The van der Waals surface area contributed by atoms with Crippen molar-refractivity contribution >= 4 is 23.1 Å². The third kappa shape index (κ3) is 3.18. The van der Waals surface area contributed by atoms with Crippen LogP contribution in [0.1, 0.15) is 38.9 Å². The van der Waals surface area contributed by atoms with Crippen LogP contribution in [-0.2, 0) is 19.3 Å². The number of nitrogen functional groups attached to an aromatic ring is 1. The largest absolute Gasteiger partial charge is 0.382 e. The molecule has 110 valence electrons. The molecule has 1 aliphatic rings. The van der Waals surface area contributed by atoms with Gasteiger partial charge in [0.2, 0.25) is 0 Å². The highest BCUT2D eigenvalue weighted by Gasteiger charge is 2.15. The minimum absolute atomic E-state index is 0.153. The summed E-state index contributed by atoms with van der Waals surface area (Å²) in [6, 6.07) is 0. The summed E-state index contributed by atoms with van der Waals surface area (Å²) in [7, 11) is 0. The molecule has 1 aliphatic carbocycles. The Kier molecular flexibility index (Phi) is 4.10. The highest BCUT2D eigenvalue weighted by molar-refractivity contribution is 7.11. The van der Waals surface area contributed by atoms with Crippen LogP contribution in [0.15, 0.2) is 12.4 Å². The number of thiazole rings is 1. The Hall–Kier alpha value is -2.02. The van der Waals surface area contributed by atoms with E-state index in [4.69, 9.17) is 5.73 Å². The van der Waals surface area contributed by atoms with Gasteiger partial charge in [0.15, 0.2) is 11.5 Å². The Labute approximate surface area is 126 Å². The molecule has 0 fully saturated rings. The summed E-state index contributed by atoms with van der Waals surface area (Å²) in [6.07, 6.45) is 8.40.